The van der Waals surface area contributed by atoms with E-state index in [9.17, 15) is 0 Å². The molecule has 0 radical (unpaired) electrons. The third-order valence-electron chi connectivity index (χ3n) is 5.20. The van der Waals surface area contributed by atoms with E-state index in [1.54, 1.807) is 0 Å². The molecular weight excluding hydrogens is 387 g/mol. The zero-order valence-electron chi connectivity index (χ0n) is 17.7. The summed E-state index contributed by atoms with van der Waals surface area (Å²) in [6.07, 6.45) is 1.93. The molecule has 0 aliphatic carbocycles. The van der Waals surface area contributed by atoms with Gasteiger partial charge in [0.1, 0.15) is 0 Å². The first-order valence-corrected chi connectivity index (χ1v) is 14.4. The van der Waals surface area contributed by atoms with Gasteiger partial charge in [0.15, 0.2) is 0 Å². The van der Waals surface area contributed by atoms with Gasteiger partial charge < -0.3 is 0 Å². The fourth-order valence-corrected chi connectivity index (χ4v) is 5.82. The summed E-state index contributed by atoms with van der Waals surface area (Å²) in [5.41, 5.74) is 5.78. The maximum Gasteiger partial charge on any atom is 0.252 e. The van der Waals surface area contributed by atoms with E-state index in [2.05, 4.69) is 90.1 Å². The Balaban J connectivity index is 1.87. The van der Waals surface area contributed by atoms with Crippen molar-refractivity contribution in [3.63, 3.8) is 0 Å². The van der Waals surface area contributed by atoms with Crippen LogP contribution < -0.4 is 0 Å². The van der Waals surface area contributed by atoms with Crippen molar-refractivity contribution in [2.45, 2.75) is 77.3 Å². The van der Waals surface area contributed by atoms with Gasteiger partial charge in [-0.25, -0.2) is 0 Å². The van der Waals surface area contributed by atoms with E-state index in [-0.39, 0.29) is 10.8 Å². The SMILES string of the molecule is CC(C)(C)c1ccc(CC[Si](Cl)(Cl)CCc2ccc(C(C)(C)C)cc2)cc1. The van der Waals surface area contributed by atoms with Gasteiger partial charge in [-0.3, -0.25) is 0 Å². The average Bonchev–Trinajstić information content (AvgIpc) is 2.58. The zero-order valence-corrected chi connectivity index (χ0v) is 20.2. The summed E-state index contributed by atoms with van der Waals surface area (Å²) in [6.45, 7) is 11.2. The summed E-state index contributed by atoms with van der Waals surface area (Å²) in [7, 11) is 0. The van der Waals surface area contributed by atoms with E-state index >= 15 is 0 Å². The van der Waals surface area contributed by atoms with Gasteiger partial charge in [0.25, 0.3) is 6.69 Å². The van der Waals surface area contributed by atoms with Crippen LogP contribution in [0, 0.1) is 0 Å². The Kier molecular flexibility index (Phi) is 7.27. The van der Waals surface area contributed by atoms with Crippen LogP contribution in [0.2, 0.25) is 12.1 Å². The lowest BCUT2D eigenvalue weighted by atomic mass is 9.86. The monoisotopic (exact) mass is 420 g/mol. The van der Waals surface area contributed by atoms with E-state index in [1.807, 2.05) is 0 Å². The van der Waals surface area contributed by atoms with Crippen LogP contribution in [0.3, 0.4) is 0 Å². The summed E-state index contributed by atoms with van der Waals surface area (Å²) in [5, 5.41) is 0. The Labute approximate surface area is 176 Å². The van der Waals surface area contributed by atoms with Crippen LogP contribution >= 0.6 is 22.2 Å². The molecule has 27 heavy (non-hydrogen) atoms. The van der Waals surface area contributed by atoms with E-state index in [4.69, 9.17) is 22.2 Å². The van der Waals surface area contributed by atoms with Gasteiger partial charge in [-0.1, -0.05) is 90.1 Å². The molecule has 0 heterocycles. The van der Waals surface area contributed by atoms with Crippen LogP contribution in [0.15, 0.2) is 48.5 Å². The molecule has 0 bridgehead atoms. The summed E-state index contributed by atoms with van der Waals surface area (Å²) in [6, 6.07) is 19.7. The summed E-state index contributed by atoms with van der Waals surface area (Å²) in [4.78, 5) is 0. The van der Waals surface area contributed by atoms with Gasteiger partial charge in [-0.05, 0) is 58.0 Å². The van der Waals surface area contributed by atoms with E-state index in [0.29, 0.717) is 0 Å². The molecule has 0 spiro atoms. The fraction of sp³-hybridized carbons (Fsp3) is 0.500. The molecular formula is C24H34Cl2Si. The molecule has 2 aromatic rings. The van der Waals surface area contributed by atoms with Gasteiger partial charge in [0.2, 0.25) is 0 Å². The number of hydrogen-bond donors (Lipinski definition) is 0. The lowest BCUT2D eigenvalue weighted by molar-refractivity contribution is 0.589. The molecule has 0 saturated heterocycles. The zero-order chi connectivity index (χ0) is 20.3. The number of aryl methyl sites for hydroxylation is 2. The number of rotatable bonds is 6. The van der Waals surface area contributed by atoms with Gasteiger partial charge in [-0.15, -0.1) is 22.2 Å². The third kappa shape index (κ3) is 7.29. The van der Waals surface area contributed by atoms with E-state index in [1.165, 1.54) is 22.3 Å². The van der Waals surface area contributed by atoms with Crippen molar-refractivity contribution in [3.8, 4) is 0 Å². The maximum absolute atomic E-state index is 6.75. The topological polar surface area (TPSA) is 0 Å². The molecule has 0 atom stereocenters. The number of benzene rings is 2. The van der Waals surface area contributed by atoms with Crippen LogP contribution in [-0.2, 0) is 23.7 Å². The fourth-order valence-electron chi connectivity index (χ4n) is 3.12. The van der Waals surface area contributed by atoms with E-state index < -0.39 is 6.69 Å². The van der Waals surface area contributed by atoms with Crippen molar-refractivity contribution in [1.82, 2.24) is 0 Å². The molecule has 0 amide bonds. The Morgan fingerprint density at radius 3 is 1.15 bits per heavy atom. The second kappa shape index (κ2) is 8.72. The molecule has 0 aromatic heterocycles. The average molecular weight is 422 g/mol. The standard InChI is InChI=1S/C24H34Cl2Si/c1-23(2,3)21-11-7-19(8-12-21)15-17-27(25,26)18-16-20-9-13-22(14-10-20)24(4,5)6/h7-14H,15-18H2,1-6H3. The Morgan fingerprint density at radius 2 is 0.889 bits per heavy atom. The molecule has 0 unspecified atom stereocenters. The van der Waals surface area contributed by atoms with E-state index in [0.717, 1.165) is 24.9 Å². The Hall–Kier alpha value is -0.763. The Morgan fingerprint density at radius 1 is 0.593 bits per heavy atom. The Bertz CT molecular complexity index is 653. The largest absolute Gasteiger partial charge is 0.252 e. The molecule has 0 fully saturated rings. The lowest BCUT2D eigenvalue weighted by Gasteiger charge is -2.20. The maximum atomic E-state index is 6.75. The molecule has 3 heteroatoms. The van der Waals surface area contributed by atoms with Crippen LogP contribution in [0.5, 0.6) is 0 Å². The number of halogens is 2. The predicted molar refractivity (Wildman–Crippen MR) is 125 cm³/mol. The molecule has 0 saturated carbocycles. The first-order chi connectivity index (χ1) is 12.4. The minimum absolute atomic E-state index is 0.193. The van der Waals surface area contributed by atoms with Crippen molar-refractivity contribution in [2.24, 2.45) is 0 Å². The third-order valence-corrected chi connectivity index (χ3v) is 9.43. The summed E-state index contributed by atoms with van der Waals surface area (Å²) in [5.74, 6) is 0. The molecule has 2 aromatic carbocycles. The van der Waals surface area contributed by atoms with Crippen LogP contribution in [0.25, 0.3) is 0 Å². The van der Waals surface area contributed by atoms with Crippen molar-refractivity contribution in [2.75, 3.05) is 0 Å². The van der Waals surface area contributed by atoms with Crippen LogP contribution in [-0.4, -0.2) is 6.69 Å². The van der Waals surface area contributed by atoms with Crippen molar-refractivity contribution >= 4 is 28.9 Å². The normalized spacial score (nSPS) is 13.0. The predicted octanol–water partition coefficient (Wildman–Crippen LogP) is 7.99. The summed E-state index contributed by atoms with van der Waals surface area (Å²) >= 11 is 13.5. The van der Waals surface area contributed by atoms with Crippen molar-refractivity contribution in [3.05, 3.63) is 70.8 Å². The second-order valence-corrected chi connectivity index (χ2v) is 17.4. The first kappa shape index (κ1) is 22.5. The number of hydrogen-bond acceptors (Lipinski definition) is 0. The minimum Gasteiger partial charge on any atom is -0.146 e. The van der Waals surface area contributed by atoms with Gasteiger partial charge in [-0.2, -0.15) is 0 Å². The highest BCUT2D eigenvalue weighted by molar-refractivity contribution is 7.45. The van der Waals surface area contributed by atoms with Gasteiger partial charge in [0.05, 0.1) is 0 Å². The van der Waals surface area contributed by atoms with Gasteiger partial charge >= 0.3 is 0 Å². The molecule has 0 aliphatic heterocycles. The molecule has 0 N–H and O–H groups in total. The molecule has 0 aliphatic rings. The van der Waals surface area contributed by atoms with Gasteiger partial charge in [0, 0.05) is 0 Å². The molecule has 2 rings (SSSR count). The van der Waals surface area contributed by atoms with Crippen molar-refractivity contribution in [1.29, 1.82) is 0 Å². The lowest BCUT2D eigenvalue weighted by Crippen LogP contribution is -2.20. The highest BCUT2D eigenvalue weighted by atomic mass is 35.7. The van der Waals surface area contributed by atoms with Crippen LogP contribution in [0.1, 0.15) is 63.8 Å². The molecule has 0 nitrogen and oxygen atoms in total. The minimum atomic E-state index is -2.22. The smallest absolute Gasteiger partial charge is 0.146 e. The molecule has 148 valence electrons. The van der Waals surface area contributed by atoms with Crippen molar-refractivity contribution < 1.29 is 0 Å². The second-order valence-electron chi connectivity index (χ2n) is 9.75. The highest BCUT2D eigenvalue weighted by Gasteiger charge is 2.27. The van der Waals surface area contributed by atoms with Crippen LogP contribution in [0.4, 0.5) is 0 Å². The first-order valence-electron chi connectivity index (χ1n) is 9.93. The summed E-state index contributed by atoms with van der Waals surface area (Å²) < 4.78 is 0. The quantitative estimate of drug-likeness (QED) is 0.327. The highest BCUT2D eigenvalue weighted by Crippen LogP contribution is 2.30.